The molecule has 0 radical (unpaired) electrons. The van der Waals surface area contributed by atoms with Crippen molar-refractivity contribution in [2.24, 2.45) is 11.7 Å². The van der Waals surface area contributed by atoms with Crippen molar-refractivity contribution in [1.82, 2.24) is 15.1 Å². The van der Waals surface area contributed by atoms with Crippen LogP contribution in [-0.2, 0) is 27.2 Å². The molecule has 0 spiro atoms. The summed E-state index contributed by atoms with van der Waals surface area (Å²) in [6, 6.07) is 10.1. The van der Waals surface area contributed by atoms with Crippen molar-refractivity contribution in [2.45, 2.75) is 69.5 Å². The van der Waals surface area contributed by atoms with Gasteiger partial charge in [0.15, 0.2) is 0 Å². The first kappa shape index (κ1) is 28.0. The van der Waals surface area contributed by atoms with Crippen LogP contribution in [0.5, 0.6) is 0 Å². The summed E-state index contributed by atoms with van der Waals surface area (Å²) in [6.07, 6.45) is 8.62. The van der Waals surface area contributed by atoms with Crippen LogP contribution >= 0.6 is 0 Å². The number of likely N-dealkylation sites (N-methyl/N-ethyl adjacent to an activating group) is 1. The highest BCUT2D eigenvalue weighted by molar-refractivity contribution is 5.94. The van der Waals surface area contributed by atoms with E-state index in [-0.39, 0.29) is 36.5 Å². The smallest absolute Gasteiger partial charge is 0.246 e. The number of carbonyl (C=O) groups is 3. The summed E-state index contributed by atoms with van der Waals surface area (Å²) < 4.78 is 13.3. The highest BCUT2D eigenvalue weighted by Crippen LogP contribution is 2.36. The molecular weight excluding hydrogens is 507 g/mol. The molecule has 2 aromatic rings. The van der Waals surface area contributed by atoms with E-state index in [0.717, 1.165) is 30.4 Å². The SMILES string of the molecule is CNC(=O)[C@H](Cc1ccc2c(c1)C(C)CC=C2)N1CCN(C(=O)[C@H](N)Cc2ccc(F)cc2)[C@@H](CC2CC2)C1=O. The molecule has 2 fully saturated rings. The molecule has 3 N–H and O–H groups in total. The molecule has 3 amide bonds. The minimum Gasteiger partial charge on any atom is -0.357 e. The van der Waals surface area contributed by atoms with Gasteiger partial charge in [-0.1, -0.05) is 62.2 Å². The second-order valence-corrected chi connectivity index (χ2v) is 11.5. The maximum Gasteiger partial charge on any atom is 0.246 e. The zero-order valence-electron chi connectivity index (χ0n) is 23.3. The summed E-state index contributed by atoms with van der Waals surface area (Å²) in [6.45, 7) is 2.78. The van der Waals surface area contributed by atoms with Crippen molar-refractivity contribution >= 4 is 23.8 Å². The predicted octanol–water partition coefficient (Wildman–Crippen LogP) is 3.41. The number of piperazine rings is 1. The van der Waals surface area contributed by atoms with Gasteiger partial charge in [0.1, 0.15) is 17.9 Å². The van der Waals surface area contributed by atoms with Crippen LogP contribution < -0.4 is 11.1 Å². The normalized spacial score (nSPS) is 22.1. The van der Waals surface area contributed by atoms with E-state index in [9.17, 15) is 18.8 Å². The molecule has 2 aliphatic carbocycles. The fraction of sp³-hybridized carbons (Fsp3) is 0.469. The number of fused-ring (bicyclic) bond motifs is 1. The first-order valence-electron chi connectivity index (χ1n) is 14.4. The number of benzene rings is 2. The number of nitrogens with one attached hydrogen (secondary N) is 1. The largest absolute Gasteiger partial charge is 0.357 e. The van der Waals surface area contributed by atoms with Gasteiger partial charge in [-0.2, -0.15) is 0 Å². The van der Waals surface area contributed by atoms with Crippen molar-refractivity contribution in [3.8, 4) is 0 Å². The van der Waals surface area contributed by atoms with Crippen molar-refractivity contribution < 1.29 is 18.8 Å². The Labute approximate surface area is 235 Å². The molecule has 7 nitrogen and oxygen atoms in total. The molecule has 1 saturated heterocycles. The van der Waals surface area contributed by atoms with E-state index in [0.29, 0.717) is 31.2 Å². The van der Waals surface area contributed by atoms with Gasteiger partial charge in [-0.15, -0.1) is 0 Å². The monoisotopic (exact) mass is 546 g/mol. The van der Waals surface area contributed by atoms with Crippen LogP contribution in [0.4, 0.5) is 4.39 Å². The van der Waals surface area contributed by atoms with Gasteiger partial charge in [-0.3, -0.25) is 14.4 Å². The van der Waals surface area contributed by atoms with E-state index in [1.54, 1.807) is 29.0 Å². The van der Waals surface area contributed by atoms with Gasteiger partial charge in [-0.05, 0) is 65.5 Å². The van der Waals surface area contributed by atoms with Crippen LogP contribution in [-0.4, -0.2) is 65.8 Å². The molecule has 1 heterocycles. The zero-order chi connectivity index (χ0) is 28.4. The predicted molar refractivity (Wildman–Crippen MR) is 153 cm³/mol. The fourth-order valence-electron chi connectivity index (χ4n) is 6.04. The van der Waals surface area contributed by atoms with Crippen molar-refractivity contribution in [3.05, 3.63) is 76.6 Å². The van der Waals surface area contributed by atoms with Crippen LogP contribution in [0, 0.1) is 11.7 Å². The second kappa shape index (κ2) is 11.9. The zero-order valence-corrected chi connectivity index (χ0v) is 23.3. The Morgan fingerprint density at radius 2 is 1.80 bits per heavy atom. The van der Waals surface area contributed by atoms with Crippen LogP contribution in [0.3, 0.4) is 0 Å². The number of nitrogens with zero attached hydrogens (tertiary/aromatic N) is 2. The molecule has 1 aliphatic heterocycles. The standard InChI is InChI=1S/C32H39FN4O3/c1-20-4-3-5-24-11-8-23(16-26(20)24)19-28(30(38)35-2)36-14-15-37(29(32(36)40)18-22-6-7-22)31(39)27(34)17-21-9-12-25(33)13-10-21/h3,5,8-13,16,20,22,27-29H,4,6-7,14-15,17-19,34H2,1-2H3,(H,35,38)/t20?,27-,28+,29+/m1/s1. The summed E-state index contributed by atoms with van der Waals surface area (Å²) in [5, 5.41) is 2.75. The van der Waals surface area contributed by atoms with E-state index in [4.69, 9.17) is 5.73 Å². The molecule has 8 heteroatoms. The number of halogens is 1. The average Bonchev–Trinajstić information content (AvgIpc) is 3.78. The van der Waals surface area contributed by atoms with E-state index in [1.165, 1.54) is 23.3 Å². The summed E-state index contributed by atoms with van der Waals surface area (Å²) in [4.78, 5) is 44.0. The molecule has 1 unspecified atom stereocenters. The molecular formula is C32H39FN4O3. The maximum atomic E-state index is 14.0. The lowest BCUT2D eigenvalue weighted by molar-refractivity contribution is -0.156. The number of hydrogen-bond donors (Lipinski definition) is 2. The Morgan fingerprint density at radius 1 is 1.07 bits per heavy atom. The van der Waals surface area contributed by atoms with Gasteiger partial charge >= 0.3 is 0 Å². The molecule has 5 rings (SSSR count). The van der Waals surface area contributed by atoms with E-state index >= 15 is 0 Å². The Bertz CT molecular complexity index is 1290. The van der Waals surface area contributed by atoms with Crippen molar-refractivity contribution in [3.63, 3.8) is 0 Å². The van der Waals surface area contributed by atoms with Gasteiger partial charge in [0.25, 0.3) is 0 Å². The van der Waals surface area contributed by atoms with Gasteiger partial charge < -0.3 is 20.9 Å². The van der Waals surface area contributed by atoms with E-state index in [1.807, 2.05) is 6.07 Å². The van der Waals surface area contributed by atoms with Crippen LogP contribution in [0.1, 0.15) is 60.8 Å². The van der Waals surface area contributed by atoms with Crippen molar-refractivity contribution in [2.75, 3.05) is 20.1 Å². The van der Waals surface area contributed by atoms with Gasteiger partial charge in [0, 0.05) is 26.6 Å². The van der Waals surface area contributed by atoms with Crippen molar-refractivity contribution in [1.29, 1.82) is 0 Å². The summed E-state index contributed by atoms with van der Waals surface area (Å²) in [5.41, 5.74) is 10.6. The summed E-state index contributed by atoms with van der Waals surface area (Å²) >= 11 is 0. The molecule has 4 atom stereocenters. The third kappa shape index (κ3) is 6.12. The molecule has 0 bridgehead atoms. The van der Waals surface area contributed by atoms with Gasteiger partial charge in [-0.25, -0.2) is 4.39 Å². The highest BCUT2D eigenvalue weighted by atomic mass is 19.1. The van der Waals surface area contributed by atoms with Gasteiger partial charge in [0.2, 0.25) is 17.7 Å². The van der Waals surface area contributed by atoms with E-state index < -0.39 is 18.1 Å². The molecule has 3 aliphatic rings. The molecule has 212 valence electrons. The lowest BCUT2D eigenvalue weighted by Crippen LogP contribution is -2.65. The molecule has 40 heavy (non-hydrogen) atoms. The first-order chi connectivity index (χ1) is 19.2. The molecule has 0 aromatic heterocycles. The Kier molecular flexibility index (Phi) is 8.35. The minimum atomic E-state index is -0.840. The second-order valence-electron chi connectivity index (χ2n) is 11.5. The number of allylic oxidation sites excluding steroid dienone is 1. The number of rotatable bonds is 9. The minimum absolute atomic E-state index is 0.191. The third-order valence-corrected chi connectivity index (χ3v) is 8.57. The number of amides is 3. The van der Waals surface area contributed by atoms with Gasteiger partial charge in [0.05, 0.1) is 6.04 Å². The average molecular weight is 547 g/mol. The molecule has 1 saturated carbocycles. The number of nitrogens with two attached hydrogens (primary N) is 1. The number of hydrogen-bond acceptors (Lipinski definition) is 4. The van der Waals surface area contributed by atoms with Crippen LogP contribution in [0.25, 0.3) is 6.08 Å². The first-order valence-corrected chi connectivity index (χ1v) is 14.4. The lowest BCUT2D eigenvalue weighted by Gasteiger charge is -2.44. The third-order valence-electron chi connectivity index (χ3n) is 8.57. The van der Waals surface area contributed by atoms with E-state index in [2.05, 4.69) is 36.5 Å². The summed E-state index contributed by atoms with van der Waals surface area (Å²) in [5.74, 6) is -0.235. The Hall–Kier alpha value is -3.52. The number of carbonyl (C=O) groups excluding carboxylic acids is 3. The Morgan fingerprint density at radius 3 is 2.50 bits per heavy atom. The lowest BCUT2D eigenvalue weighted by atomic mass is 9.86. The quantitative estimate of drug-likeness (QED) is 0.504. The Balaban J connectivity index is 1.35. The highest BCUT2D eigenvalue weighted by Gasteiger charge is 2.44. The van der Waals surface area contributed by atoms with Crippen LogP contribution in [0.2, 0.25) is 0 Å². The maximum absolute atomic E-state index is 14.0. The van der Waals surface area contributed by atoms with Crippen LogP contribution in [0.15, 0.2) is 48.5 Å². The molecule has 2 aromatic carbocycles. The topological polar surface area (TPSA) is 95.7 Å². The summed E-state index contributed by atoms with van der Waals surface area (Å²) in [7, 11) is 1.59. The fourth-order valence-corrected chi connectivity index (χ4v) is 6.04.